The summed E-state index contributed by atoms with van der Waals surface area (Å²) in [5, 5.41) is 0.635. The summed E-state index contributed by atoms with van der Waals surface area (Å²) in [7, 11) is -17.1. The number of anilines is 4. The number of halogens is 6. The monoisotopic (exact) mass is 1040 g/mol. The lowest BCUT2D eigenvalue weighted by atomic mass is 10.3. The standard InChI is InChI=1S/C20H13Cl3N2O5S2.C20H13Cl2FN2O5S2/c21-13-8-9-15(24-31(26,27)18-7-3-5-14(22)20(18)23)16(11-13)25-32(28,29)19-10-12-4-1-2-6-17(12)30-19;21-13-6-8-16(24-31(26,27)19-11-14(22)5-7-15(19)23)17(10-13)25-32(28,29)20-9-12-3-1-2-4-18(12)30-20/h2*1-11,24-25H. The zero-order chi connectivity index (χ0) is 46.2. The number of para-hydroxylation sites is 2. The van der Waals surface area contributed by atoms with Crippen LogP contribution in [0.5, 0.6) is 0 Å². The van der Waals surface area contributed by atoms with Gasteiger partial charge in [0.1, 0.15) is 26.8 Å². The van der Waals surface area contributed by atoms with Crippen molar-refractivity contribution in [2.24, 2.45) is 0 Å². The van der Waals surface area contributed by atoms with E-state index in [1.807, 2.05) is 0 Å². The van der Waals surface area contributed by atoms with Crippen LogP contribution >= 0.6 is 58.0 Å². The van der Waals surface area contributed by atoms with E-state index in [2.05, 4.69) is 18.9 Å². The smallest absolute Gasteiger partial charge is 0.295 e. The van der Waals surface area contributed by atoms with Gasteiger partial charge in [0.05, 0.1) is 32.8 Å². The average Bonchev–Trinajstić information content (AvgIpc) is 3.88. The highest BCUT2D eigenvalue weighted by Crippen LogP contribution is 2.36. The Labute approximate surface area is 390 Å². The molecular weight excluding hydrogens is 1020 g/mol. The van der Waals surface area contributed by atoms with Crippen LogP contribution in [0, 0.1) is 5.82 Å². The van der Waals surface area contributed by atoms with Crippen molar-refractivity contribution < 1.29 is 46.9 Å². The summed E-state index contributed by atoms with van der Waals surface area (Å²) in [5.74, 6) is -1.03. The van der Waals surface area contributed by atoms with Crippen molar-refractivity contribution in [3.8, 4) is 0 Å². The molecule has 64 heavy (non-hydrogen) atoms. The van der Waals surface area contributed by atoms with Crippen molar-refractivity contribution in [2.45, 2.75) is 20.0 Å². The highest BCUT2D eigenvalue weighted by molar-refractivity contribution is 7.93. The van der Waals surface area contributed by atoms with Crippen LogP contribution in [-0.2, 0) is 40.1 Å². The van der Waals surface area contributed by atoms with E-state index in [4.69, 9.17) is 66.8 Å². The van der Waals surface area contributed by atoms with Gasteiger partial charge in [0, 0.05) is 38.0 Å². The Morgan fingerprint density at radius 2 is 0.828 bits per heavy atom. The zero-order valence-electron chi connectivity index (χ0n) is 31.7. The Balaban J connectivity index is 0.000000191. The first-order valence-electron chi connectivity index (χ1n) is 17.7. The summed E-state index contributed by atoms with van der Waals surface area (Å²) in [6.45, 7) is 0. The number of nitrogens with one attached hydrogen (secondary N) is 4. The average molecular weight is 1050 g/mol. The fraction of sp³-hybridized carbons (Fsp3) is 0. The Kier molecular flexibility index (Phi) is 13.4. The number of hydrogen-bond acceptors (Lipinski definition) is 10. The van der Waals surface area contributed by atoms with Gasteiger partial charge in [-0.3, -0.25) is 18.9 Å². The van der Waals surface area contributed by atoms with Crippen molar-refractivity contribution in [1.82, 2.24) is 0 Å². The maximum atomic E-state index is 14.1. The molecule has 332 valence electrons. The topological polar surface area (TPSA) is 211 Å². The number of fused-ring (bicyclic) bond motifs is 2. The second-order valence-electron chi connectivity index (χ2n) is 13.1. The molecule has 0 saturated heterocycles. The molecule has 4 N–H and O–H groups in total. The fourth-order valence-electron chi connectivity index (χ4n) is 5.72. The van der Waals surface area contributed by atoms with Gasteiger partial charge in [0.2, 0.25) is 10.2 Å². The predicted octanol–water partition coefficient (Wildman–Crippen LogP) is 11.5. The summed E-state index contributed by atoms with van der Waals surface area (Å²) < 4.78 is 137. The number of benzene rings is 6. The van der Waals surface area contributed by atoms with E-state index in [9.17, 15) is 38.1 Å². The van der Waals surface area contributed by atoms with Crippen LogP contribution in [0.3, 0.4) is 0 Å². The first-order chi connectivity index (χ1) is 30.1. The van der Waals surface area contributed by atoms with Crippen molar-refractivity contribution in [2.75, 3.05) is 18.9 Å². The van der Waals surface area contributed by atoms with Crippen molar-refractivity contribution in [3.63, 3.8) is 0 Å². The highest BCUT2D eigenvalue weighted by Gasteiger charge is 2.27. The normalized spacial score (nSPS) is 12.1. The van der Waals surface area contributed by atoms with Gasteiger partial charge in [-0.25, -0.2) is 21.2 Å². The van der Waals surface area contributed by atoms with E-state index in [1.165, 1.54) is 72.8 Å². The molecular formula is C40H26Cl5FN4O10S4. The molecule has 0 atom stereocenters. The SMILES string of the molecule is O=S(=O)(Nc1cc(Cl)ccc1NS(=O)(=O)c1cc(Cl)ccc1F)c1cc2ccccc2o1.O=S(=O)(Nc1cc(Cl)ccc1NS(=O)(=O)c1cccc(Cl)c1Cl)c1cc2ccccc2o1. The molecule has 0 spiro atoms. The molecule has 6 aromatic carbocycles. The molecule has 14 nitrogen and oxygen atoms in total. The molecule has 0 fully saturated rings. The summed E-state index contributed by atoms with van der Waals surface area (Å²) in [6, 6.07) is 31.1. The molecule has 0 amide bonds. The molecule has 0 saturated carbocycles. The molecule has 0 aliphatic carbocycles. The Morgan fingerprint density at radius 1 is 0.406 bits per heavy atom. The lowest BCUT2D eigenvalue weighted by molar-refractivity contribution is 0.484. The molecule has 0 aliphatic rings. The summed E-state index contributed by atoms with van der Waals surface area (Å²) in [6.07, 6.45) is 0. The lowest BCUT2D eigenvalue weighted by Crippen LogP contribution is -2.18. The number of hydrogen-bond donors (Lipinski definition) is 4. The van der Waals surface area contributed by atoms with Crippen LogP contribution in [0.25, 0.3) is 21.9 Å². The third-order valence-corrected chi connectivity index (χ3v) is 15.5. The zero-order valence-corrected chi connectivity index (χ0v) is 38.7. The van der Waals surface area contributed by atoms with E-state index in [0.29, 0.717) is 21.9 Å². The van der Waals surface area contributed by atoms with Gasteiger partial charge < -0.3 is 8.83 Å². The highest BCUT2D eigenvalue weighted by atomic mass is 35.5. The van der Waals surface area contributed by atoms with E-state index in [-0.39, 0.29) is 62.9 Å². The Bertz CT molecular complexity index is 3320. The second kappa shape index (κ2) is 18.3. The molecule has 0 radical (unpaired) electrons. The van der Waals surface area contributed by atoms with E-state index < -0.39 is 50.8 Å². The second-order valence-corrected chi connectivity index (χ2v) is 21.8. The maximum absolute atomic E-state index is 14.1. The van der Waals surface area contributed by atoms with E-state index in [1.54, 1.807) is 48.5 Å². The van der Waals surface area contributed by atoms with Gasteiger partial charge in [0.25, 0.3) is 40.1 Å². The minimum atomic E-state index is -4.45. The van der Waals surface area contributed by atoms with Crippen LogP contribution in [0.1, 0.15) is 0 Å². The van der Waals surface area contributed by atoms with Crippen molar-refractivity contribution in [3.05, 3.63) is 164 Å². The molecule has 0 unspecified atom stereocenters. The van der Waals surface area contributed by atoms with Crippen molar-refractivity contribution >= 4 is 143 Å². The minimum Gasteiger partial charge on any atom is -0.443 e. The number of sulfonamides is 4. The molecule has 24 heteroatoms. The van der Waals surface area contributed by atoms with Crippen LogP contribution in [-0.4, -0.2) is 33.7 Å². The largest absolute Gasteiger partial charge is 0.443 e. The van der Waals surface area contributed by atoms with Crippen LogP contribution in [0.2, 0.25) is 25.1 Å². The van der Waals surface area contributed by atoms with Crippen LogP contribution in [0.15, 0.2) is 162 Å². The quantitative estimate of drug-likeness (QED) is 0.0909. The Hall–Kier alpha value is -5.22. The molecule has 2 heterocycles. The molecule has 8 aromatic rings. The molecule has 0 bridgehead atoms. The van der Waals surface area contributed by atoms with Crippen molar-refractivity contribution in [1.29, 1.82) is 0 Å². The van der Waals surface area contributed by atoms with Gasteiger partial charge in [-0.1, -0.05) is 100 Å². The van der Waals surface area contributed by atoms with Gasteiger partial charge in [0.15, 0.2) is 0 Å². The van der Waals surface area contributed by atoms with Crippen LogP contribution < -0.4 is 18.9 Å². The third-order valence-electron chi connectivity index (χ3n) is 8.66. The first-order valence-corrected chi connectivity index (χ1v) is 25.5. The van der Waals surface area contributed by atoms with Gasteiger partial charge in [-0.15, -0.1) is 0 Å². The first kappa shape index (κ1) is 46.8. The molecule has 0 aliphatic heterocycles. The van der Waals surface area contributed by atoms with Gasteiger partial charge in [-0.2, -0.15) is 16.8 Å². The minimum absolute atomic E-state index is 0.00805. The maximum Gasteiger partial charge on any atom is 0.295 e. The van der Waals surface area contributed by atoms with Gasteiger partial charge >= 0.3 is 0 Å². The third kappa shape index (κ3) is 10.5. The van der Waals surface area contributed by atoms with E-state index >= 15 is 0 Å². The number of furan rings is 2. The predicted molar refractivity (Wildman–Crippen MR) is 246 cm³/mol. The summed E-state index contributed by atoms with van der Waals surface area (Å²) >= 11 is 29.7. The molecule has 8 rings (SSSR count). The Morgan fingerprint density at radius 3 is 1.31 bits per heavy atom. The molecule has 2 aromatic heterocycles. The number of rotatable bonds is 12. The fourth-order valence-corrected chi connectivity index (χ4v) is 11.4. The lowest BCUT2D eigenvalue weighted by Gasteiger charge is -2.15. The van der Waals surface area contributed by atoms with Crippen LogP contribution in [0.4, 0.5) is 27.1 Å². The summed E-state index contributed by atoms with van der Waals surface area (Å²) in [5.41, 5.74) is 0.175. The van der Waals surface area contributed by atoms with Gasteiger partial charge in [-0.05, 0) is 78.9 Å². The summed E-state index contributed by atoms with van der Waals surface area (Å²) in [4.78, 5) is -0.973. The van der Waals surface area contributed by atoms with E-state index in [0.717, 1.165) is 12.1 Å².